The first kappa shape index (κ1) is 21.7. The van der Waals surface area contributed by atoms with Crippen molar-refractivity contribution in [3.05, 3.63) is 41.5 Å². The van der Waals surface area contributed by atoms with Crippen molar-refractivity contribution in [2.75, 3.05) is 33.4 Å². The van der Waals surface area contributed by atoms with Crippen LogP contribution in [0.4, 0.5) is 0 Å². The van der Waals surface area contributed by atoms with Gasteiger partial charge in [-0.2, -0.15) is 4.98 Å². The molecule has 0 aliphatic carbocycles. The van der Waals surface area contributed by atoms with Crippen LogP contribution >= 0.6 is 0 Å². The summed E-state index contributed by atoms with van der Waals surface area (Å²) < 4.78 is 16.6. The molecule has 0 fully saturated rings. The molecule has 1 heterocycles. The monoisotopic (exact) mass is 389 g/mol. The summed E-state index contributed by atoms with van der Waals surface area (Å²) in [6, 6.07) is 7.99. The molecule has 154 valence electrons. The maximum Gasteiger partial charge on any atom is 0.248 e. The zero-order chi connectivity index (χ0) is 20.4. The average molecular weight is 390 g/mol. The first-order valence-electron chi connectivity index (χ1n) is 9.67. The van der Waals surface area contributed by atoms with Crippen molar-refractivity contribution in [2.24, 2.45) is 4.99 Å². The molecule has 28 heavy (non-hydrogen) atoms. The molecular weight excluding hydrogens is 358 g/mol. The van der Waals surface area contributed by atoms with Crippen molar-refractivity contribution in [1.29, 1.82) is 0 Å². The van der Waals surface area contributed by atoms with E-state index >= 15 is 0 Å². The summed E-state index contributed by atoms with van der Waals surface area (Å²) in [6.07, 6.45) is -0.194. The van der Waals surface area contributed by atoms with E-state index in [2.05, 4.69) is 20.4 Å². The van der Waals surface area contributed by atoms with Gasteiger partial charge in [0.1, 0.15) is 25.0 Å². The van der Waals surface area contributed by atoms with Crippen LogP contribution in [0, 0.1) is 6.92 Å². The topological polar surface area (TPSA) is 85.0 Å². The third kappa shape index (κ3) is 6.53. The Balaban J connectivity index is 1.90. The fourth-order valence-electron chi connectivity index (χ4n) is 2.55. The van der Waals surface area contributed by atoms with Crippen molar-refractivity contribution in [1.82, 2.24) is 20.4 Å². The zero-order valence-electron chi connectivity index (χ0n) is 17.4. The van der Waals surface area contributed by atoms with Crippen LogP contribution in [0.1, 0.15) is 44.2 Å². The van der Waals surface area contributed by atoms with Crippen LogP contribution in [0.3, 0.4) is 0 Å². The lowest BCUT2D eigenvalue weighted by Crippen LogP contribution is -2.40. The van der Waals surface area contributed by atoms with Crippen LogP contribution in [0.15, 0.2) is 33.8 Å². The lowest BCUT2D eigenvalue weighted by molar-refractivity contribution is 0.0683. The van der Waals surface area contributed by atoms with Crippen molar-refractivity contribution in [2.45, 2.75) is 40.3 Å². The maximum atomic E-state index is 5.87. The number of nitrogens with one attached hydrogen (secondary N) is 1. The van der Waals surface area contributed by atoms with Crippen molar-refractivity contribution >= 4 is 5.96 Å². The quantitative estimate of drug-likeness (QED) is 0.494. The Morgan fingerprint density at radius 3 is 2.82 bits per heavy atom. The number of hydrogen-bond acceptors (Lipinski definition) is 6. The highest BCUT2D eigenvalue weighted by Gasteiger charge is 2.14. The van der Waals surface area contributed by atoms with Crippen molar-refractivity contribution in [3.63, 3.8) is 0 Å². The van der Waals surface area contributed by atoms with Crippen LogP contribution in [-0.2, 0) is 11.3 Å². The van der Waals surface area contributed by atoms with Gasteiger partial charge in [0, 0.05) is 20.2 Å². The number of aliphatic imine (C=N–C) groups is 1. The Labute approximate surface area is 166 Å². The number of aryl methyl sites for hydroxylation is 1. The highest BCUT2D eigenvalue weighted by atomic mass is 16.5. The van der Waals surface area contributed by atoms with E-state index in [-0.39, 0.29) is 6.10 Å². The van der Waals surface area contributed by atoms with Crippen LogP contribution < -0.4 is 10.1 Å². The predicted molar refractivity (Wildman–Crippen MR) is 108 cm³/mol. The van der Waals surface area contributed by atoms with E-state index in [9.17, 15) is 0 Å². The number of ether oxygens (including phenoxy) is 2. The zero-order valence-corrected chi connectivity index (χ0v) is 17.4. The minimum Gasteiger partial charge on any atom is -0.491 e. The van der Waals surface area contributed by atoms with Gasteiger partial charge in [-0.25, -0.2) is 4.99 Å². The van der Waals surface area contributed by atoms with Crippen LogP contribution in [0.2, 0.25) is 0 Å². The van der Waals surface area contributed by atoms with Gasteiger partial charge >= 0.3 is 0 Å². The van der Waals surface area contributed by atoms with Gasteiger partial charge in [-0.05, 0) is 39.3 Å². The third-order valence-electron chi connectivity index (χ3n) is 4.10. The largest absolute Gasteiger partial charge is 0.491 e. The number of hydrogen-bond donors (Lipinski definition) is 1. The predicted octanol–water partition coefficient (Wildman–Crippen LogP) is 2.95. The summed E-state index contributed by atoms with van der Waals surface area (Å²) in [4.78, 5) is 11.0. The molecule has 1 atom stereocenters. The Morgan fingerprint density at radius 1 is 1.32 bits per heavy atom. The molecule has 0 saturated heterocycles. The molecule has 0 aliphatic rings. The van der Waals surface area contributed by atoms with Gasteiger partial charge in [0.15, 0.2) is 11.8 Å². The number of para-hydroxylation sites is 1. The highest BCUT2D eigenvalue weighted by Crippen LogP contribution is 2.16. The molecule has 1 unspecified atom stereocenters. The van der Waals surface area contributed by atoms with Crippen molar-refractivity contribution < 1.29 is 14.0 Å². The molecule has 0 radical (unpaired) electrons. The lowest BCUT2D eigenvalue weighted by atomic mass is 10.2. The molecule has 2 aromatic rings. The molecule has 1 aromatic carbocycles. The van der Waals surface area contributed by atoms with E-state index in [1.807, 2.05) is 63.9 Å². The van der Waals surface area contributed by atoms with Gasteiger partial charge in [0.25, 0.3) is 0 Å². The molecule has 8 heteroatoms. The Bertz CT molecular complexity index is 747. The second kappa shape index (κ2) is 11.3. The Morgan fingerprint density at radius 2 is 2.11 bits per heavy atom. The molecule has 0 aliphatic heterocycles. The van der Waals surface area contributed by atoms with E-state index in [0.717, 1.165) is 23.8 Å². The summed E-state index contributed by atoms with van der Waals surface area (Å²) in [7, 11) is 1.97. The molecule has 0 spiro atoms. The van der Waals surface area contributed by atoms with E-state index in [4.69, 9.17) is 14.0 Å². The molecule has 0 amide bonds. The molecule has 8 nitrogen and oxygen atoms in total. The van der Waals surface area contributed by atoms with E-state index in [0.29, 0.717) is 38.0 Å². The van der Waals surface area contributed by atoms with Crippen LogP contribution in [0.5, 0.6) is 5.75 Å². The lowest BCUT2D eigenvalue weighted by Gasteiger charge is -2.22. The van der Waals surface area contributed by atoms with E-state index in [1.54, 1.807) is 0 Å². The SMILES string of the molecule is CCNC(=NCc1nc(C(C)OCC)no1)N(C)CCOc1ccccc1C. The van der Waals surface area contributed by atoms with Gasteiger partial charge in [0.2, 0.25) is 5.89 Å². The molecule has 0 bridgehead atoms. The average Bonchev–Trinajstić information content (AvgIpc) is 3.16. The number of likely N-dealkylation sites (N-methyl/N-ethyl adjacent to an activating group) is 1. The summed E-state index contributed by atoms with van der Waals surface area (Å²) in [5.41, 5.74) is 1.12. The van der Waals surface area contributed by atoms with Crippen molar-refractivity contribution in [3.8, 4) is 5.75 Å². The number of rotatable bonds is 10. The molecule has 1 N–H and O–H groups in total. The number of benzene rings is 1. The summed E-state index contributed by atoms with van der Waals surface area (Å²) in [5, 5.41) is 7.23. The Hall–Kier alpha value is -2.61. The second-order valence-corrected chi connectivity index (χ2v) is 6.35. The normalized spacial score (nSPS) is 12.7. The fraction of sp³-hybridized carbons (Fsp3) is 0.550. The van der Waals surface area contributed by atoms with Crippen LogP contribution in [0.25, 0.3) is 0 Å². The Kier molecular flexibility index (Phi) is 8.74. The summed E-state index contributed by atoms with van der Waals surface area (Å²) in [5.74, 6) is 2.66. The van der Waals surface area contributed by atoms with Gasteiger partial charge in [-0.15, -0.1) is 0 Å². The highest BCUT2D eigenvalue weighted by molar-refractivity contribution is 5.79. The minimum atomic E-state index is -0.194. The molecule has 0 saturated carbocycles. The summed E-state index contributed by atoms with van der Waals surface area (Å²) >= 11 is 0. The first-order chi connectivity index (χ1) is 13.5. The number of nitrogens with zero attached hydrogens (tertiary/aromatic N) is 4. The third-order valence-corrected chi connectivity index (χ3v) is 4.10. The smallest absolute Gasteiger partial charge is 0.248 e. The van der Waals surface area contributed by atoms with Crippen LogP contribution in [-0.4, -0.2) is 54.4 Å². The first-order valence-corrected chi connectivity index (χ1v) is 9.67. The van der Waals surface area contributed by atoms with Gasteiger partial charge in [-0.3, -0.25) is 0 Å². The number of guanidine groups is 1. The maximum absolute atomic E-state index is 5.87. The number of aromatic nitrogens is 2. The van der Waals surface area contributed by atoms with Gasteiger partial charge < -0.3 is 24.2 Å². The molecular formula is C20H31N5O3. The molecule has 2 rings (SSSR count). The minimum absolute atomic E-state index is 0.194. The van der Waals surface area contributed by atoms with E-state index < -0.39 is 0 Å². The van der Waals surface area contributed by atoms with Gasteiger partial charge in [0.05, 0.1) is 6.54 Å². The molecule has 1 aromatic heterocycles. The standard InChI is InChI=1S/C20H31N5O3/c1-6-21-20(22-14-18-23-19(24-28-18)16(4)26-7-2)25(5)12-13-27-17-11-9-8-10-15(17)3/h8-11,16H,6-7,12-14H2,1-5H3,(H,21,22). The fourth-order valence-corrected chi connectivity index (χ4v) is 2.55. The summed E-state index contributed by atoms with van der Waals surface area (Å²) in [6.45, 7) is 10.8. The second-order valence-electron chi connectivity index (χ2n) is 6.35. The van der Waals surface area contributed by atoms with Gasteiger partial charge in [-0.1, -0.05) is 23.4 Å². The van der Waals surface area contributed by atoms with E-state index in [1.165, 1.54) is 0 Å².